The molecule has 1 atom stereocenters. The van der Waals surface area contributed by atoms with Gasteiger partial charge in [-0.1, -0.05) is 24.3 Å². The van der Waals surface area contributed by atoms with E-state index in [2.05, 4.69) is 10.3 Å². The summed E-state index contributed by atoms with van der Waals surface area (Å²) in [6.07, 6.45) is 1.38. The molecule has 182 valence electrons. The van der Waals surface area contributed by atoms with Crippen LogP contribution in [0.2, 0.25) is 0 Å². The van der Waals surface area contributed by atoms with Gasteiger partial charge in [-0.15, -0.1) is 0 Å². The maximum absolute atomic E-state index is 12.3. The van der Waals surface area contributed by atoms with Gasteiger partial charge in [-0.2, -0.15) is 0 Å². The lowest BCUT2D eigenvalue weighted by Gasteiger charge is -2.19. The molecule has 11 heteroatoms. The van der Waals surface area contributed by atoms with Gasteiger partial charge in [-0.25, -0.2) is 14.6 Å². The quantitative estimate of drug-likeness (QED) is 0.171. The first-order valence-corrected chi connectivity index (χ1v) is 10.5. The maximum atomic E-state index is 12.3. The standard InChI is InChI=1S/C24H23N3O8/c1-33-24(30)21(26-20-5-3-2-4-19(20)23(28)29)14-16-6-9-18(10-7-16)34-12-13-35-22-11-8-17(15-25-22)27(31)32/h2-11,15,21,26H,12-14H2,1H3,(H,28,29). The third kappa shape index (κ3) is 7.16. The molecule has 0 fully saturated rings. The smallest absolute Gasteiger partial charge is 0.337 e. The third-order valence-corrected chi connectivity index (χ3v) is 4.87. The topological polar surface area (TPSA) is 150 Å². The summed E-state index contributed by atoms with van der Waals surface area (Å²) in [6, 6.07) is 15.3. The molecule has 2 N–H and O–H groups in total. The third-order valence-electron chi connectivity index (χ3n) is 4.87. The number of ether oxygens (including phenoxy) is 3. The summed E-state index contributed by atoms with van der Waals surface area (Å²) in [5.74, 6) is -0.803. The Morgan fingerprint density at radius 1 is 1.06 bits per heavy atom. The van der Waals surface area contributed by atoms with Gasteiger partial charge in [0.25, 0.3) is 5.69 Å². The van der Waals surface area contributed by atoms with Gasteiger partial charge in [0.1, 0.15) is 31.2 Å². The number of anilines is 1. The zero-order valence-corrected chi connectivity index (χ0v) is 18.7. The second-order valence-electron chi connectivity index (χ2n) is 7.23. The lowest BCUT2D eigenvalue weighted by Crippen LogP contribution is -2.33. The number of methoxy groups -OCH3 is 1. The van der Waals surface area contributed by atoms with Gasteiger partial charge in [-0.05, 0) is 29.8 Å². The number of carboxylic acid groups (broad SMARTS) is 1. The molecule has 0 radical (unpaired) electrons. The Bertz CT molecular complexity index is 1170. The molecule has 0 bridgehead atoms. The number of nitro groups is 1. The van der Waals surface area contributed by atoms with Crippen LogP contribution in [0.3, 0.4) is 0 Å². The van der Waals surface area contributed by atoms with Gasteiger partial charge in [0.05, 0.1) is 17.6 Å². The van der Waals surface area contributed by atoms with Crippen LogP contribution < -0.4 is 14.8 Å². The number of pyridine rings is 1. The monoisotopic (exact) mass is 481 g/mol. The number of aromatic carboxylic acids is 1. The first kappa shape index (κ1) is 25.0. The second kappa shape index (κ2) is 12.0. The zero-order valence-electron chi connectivity index (χ0n) is 18.7. The van der Waals surface area contributed by atoms with E-state index in [1.165, 1.54) is 25.3 Å². The van der Waals surface area contributed by atoms with Gasteiger partial charge in [-0.3, -0.25) is 10.1 Å². The zero-order chi connectivity index (χ0) is 25.2. The lowest BCUT2D eigenvalue weighted by molar-refractivity contribution is -0.385. The van der Waals surface area contributed by atoms with Gasteiger partial charge in [0.2, 0.25) is 5.88 Å². The summed E-state index contributed by atoms with van der Waals surface area (Å²) in [4.78, 5) is 37.7. The van der Waals surface area contributed by atoms with Crippen molar-refractivity contribution in [1.29, 1.82) is 0 Å². The van der Waals surface area contributed by atoms with E-state index in [-0.39, 0.29) is 36.8 Å². The van der Waals surface area contributed by atoms with Crippen LogP contribution in [-0.2, 0) is 16.0 Å². The number of rotatable bonds is 12. The van der Waals surface area contributed by atoms with Crippen molar-refractivity contribution >= 4 is 23.3 Å². The minimum absolute atomic E-state index is 0.0521. The number of carbonyl (C=O) groups excluding carboxylic acids is 1. The molecule has 0 spiro atoms. The number of aromatic nitrogens is 1. The van der Waals surface area contributed by atoms with Crippen molar-refractivity contribution in [3.05, 3.63) is 88.1 Å². The molecule has 1 aromatic heterocycles. The lowest BCUT2D eigenvalue weighted by atomic mass is 10.0. The Balaban J connectivity index is 1.54. The number of esters is 1. The average Bonchev–Trinajstić information content (AvgIpc) is 2.87. The molecule has 0 amide bonds. The largest absolute Gasteiger partial charge is 0.490 e. The molecule has 0 aliphatic heterocycles. The molecule has 3 rings (SSSR count). The Kier molecular flexibility index (Phi) is 8.54. The molecule has 11 nitrogen and oxygen atoms in total. The number of hydrogen-bond acceptors (Lipinski definition) is 9. The molecule has 1 unspecified atom stereocenters. The van der Waals surface area contributed by atoms with E-state index in [9.17, 15) is 24.8 Å². The van der Waals surface area contributed by atoms with Crippen LogP contribution in [0.5, 0.6) is 11.6 Å². The van der Waals surface area contributed by atoms with Crippen molar-refractivity contribution in [2.75, 3.05) is 25.6 Å². The maximum Gasteiger partial charge on any atom is 0.337 e. The van der Waals surface area contributed by atoms with Crippen LogP contribution in [0.25, 0.3) is 0 Å². The van der Waals surface area contributed by atoms with E-state index < -0.39 is 22.9 Å². The molecule has 3 aromatic rings. The fourth-order valence-electron chi connectivity index (χ4n) is 3.15. The summed E-state index contributed by atoms with van der Waals surface area (Å²) in [5, 5.41) is 23.0. The number of carbonyl (C=O) groups is 2. The predicted molar refractivity (Wildman–Crippen MR) is 125 cm³/mol. The molecular weight excluding hydrogens is 458 g/mol. The van der Waals surface area contributed by atoms with Crippen LogP contribution in [0.1, 0.15) is 15.9 Å². The fourth-order valence-corrected chi connectivity index (χ4v) is 3.15. The number of nitrogens with one attached hydrogen (secondary N) is 1. The minimum atomic E-state index is -1.11. The van der Waals surface area contributed by atoms with Gasteiger partial charge in [0, 0.05) is 24.2 Å². The Labute approximate surface area is 200 Å². The number of hydrogen-bond donors (Lipinski definition) is 2. The van der Waals surface area contributed by atoms with E-state index in [4.69, 9.17) is 14.2 Å². The number of nitrogens with zero attached hydrogens (tertiary/aromatic N) is 2. The molecule has 0 saturated carbocycles. The Morgan fingerprint density at radius 3 is 2.40 bits per heavy atom. The molecule has 2 aromatic carbocycles. The predicted octanol–water partition coefficient (Wildman–Crippen LogP) is 3.34. The molecule has 0 saturated heterocycles. The first-order chi connectivity index (χ1) is 16.9. The number of benzene rings is 2. The normalized spacial score (nSPS) is 11.2. The van der Waals surface area contributed by atoms with Gasteiger partial charge >= 0.3 is 11.9 Å². The SMILES string of the molecule is COC(=O)C(Cc1ccc(OCCOc2ccc([N+](=O)[O-])cn2)cc1)Nc1ccccc1C(=O)O. The Morgan fingerprint density at radius 2 is 1.77 bits per heavy atom. The van der Waals surface area contributed by atoms with Crippen LogP contribution in [0.15, 0.2) is 66.9 Å². The van der Waals surface area contributed by atoms with Crippen LogP contribution >= 0.6 is 0 Å². The summed E-state index contributed by atoms with van der Waals surface area (Å²) >= 11 is 0. The van der Waals surface area contributed by atoms with Gasteiger partial charge < -0.3 is 24.6 Å². The summed E-state index contributed by atoms with van der Waals surface area (Å²) < 4.78 is 15.9. The summed E-state index contributed by atoms with van der Waals surface area (Å²) in [6.45, 7) is 0.403. The second-order valence-corrected chi connectivity index (χ2v) is 7.23. The molecule has 1 heterocycles. The number of carboxylic acids is 1. The van der Waals surface area contributed by atoms with Gasteiger partial charge in [0.15, 0.2) is 0 Å². The van der Waals surface area contributed by atoms with Crippen molar-refractivity contribution in [3.63, 3.8) is 0 Å². The first-order valence-electron chi connectivity index (χ1n) is 10.5. The number of para-hydroxylation sites is 1. The van der Waals surface area contributed by atoms with Crippen LogP contribution in [0.4, 0.5) is 11.4 Å². The highest BCUT2D eigenvalue weighted by atomic mass is 16.6. The highest BCUT2D eigenvalue weighted by Gasteiger charge is 2.22. The molecular formula is C24H23N3O8. The van der Waals surface area contributed by atoms with Crippen molar-refractivity contribution in [2.24, 2.45) is 0 Å². The minimum Gasteiger partial charge on any atom is -0.490 e. The Hall–Kier alpha value is -4.67. The van der Waals surface area contributed by atoms with Crippen molar-refractivity contribution in [1.82, 2.24) is 4.98 Å². The van der Waals surface area contributed by atoms with Crippen molar-refractivity contribution in [3.8, 4) is 11.6 Å². The van der Waals surface area contributed by atoms with E-state index >= 15 is 0 Å². The van der Waals surface area contributed by atoms with Crippen molar-refractivity contribution < 1.29 is 33.8 Å². The average molecular weight is 481 g/mol. The van der Waals surface area contributed by atoms with Crippen LogP contribution in [0, 0.1) is 10.1 Å². The molecule has 0 aliphatic carbocycles. The fraction of sp³-hybridized carbons (Fsp3) is 0.208. The molecule has 35 heavy (non-hydrogen) atoms. The van der Waals surface area contributed by atoms with E-state index in [0.29, 0.717) is 11.4 Å². The van der Waals surface area contributed by atoms with E-state index in [1.807, 2.05) is 0 Å². The van der Waals surface area contributed by atoms with E-state index in [0.717, 1.165) is 11.8 Å². The summed E-state index contributed by atoms with van der Waals surface area (Å²) in [7, 11) is 1.27. The highest BCUT2D eigenvalue weighted by molar-refractivity contribution is 5.95. The van der Waals surface area contributed by atoms with Crippen molar-refractivity contribution in [2.45, 2.75) is 12.5 Å². The van der Waals surface area contributed by atoms with Crippen LogP contribution in [-0.4, -0.2) is 53.3 Å². The highest BCUT2D eigenvalue weighted by Crippen LogP contribution is 2.20. The summed E-state index contributed by atoms with van der Waals surface area (Å²) in [5.41, 5.74) is 1.05. The van der Waals surface area contributed by atoms with E-state index in [1.54, 1.807) is 42.5 Å². The molecule has 0 aliphatic rings.